The lowest BCUT2D eigenvalue weighted by atomic mass is 10.0. The normalized spacial score (nSPS) is 17.2. The molecule has 2 aromatic rings. The molecular formula is C19H24N4O2. The maximum atomic E-state index is 12.4. The van der Waals surface area contributed by atoms with Crippen LogP contribution in [0.1, 0.15) is 24.3 Å². The van der Waals surface area contributed by atoms with Crippen molar-refractivity contribution < 1.29 is 9.53 Å². The summed E-state index contributed by atoms with van der Waals surface area (Å²) in [6.45, 7) is 8.02. The van der Waals surface area contributed by atoms with Gasteiger partial charge in [-0.25, -0.2) is 9.97 Å². The number of nitrogens with zero attached hydrogens (tertiary/aromatic N) is 3. The zero-order valence-electron chi connectivity index (χ0n) is 14.7. The van der Waals surface area contributed by atoms with Crippen molar-refractivity contribution in [1.29, 1.82) is 0 Å². The van der Waals surface area contributed by atoms with E-state index in [4.69, 9.17) is 4.74 Å². The van der Waals surface area contributed by atoms with Gasteiger partial charge in [-0.1, -0.05) is 30.3 Å². The first kappa shape index (κ1) is 17.5. The van der Waals surface area contributed by atoms with Crippen LogP contribution in [0, 0.1) is 0 Å². The second-order valence-electron chi connectivity index (χ2n) is 6.74. The SMILES string of the molecule is CC1(C)COCCN1CCNC(=O)c1ccnc(-c2ccccc2)n1. The van der Waals surface area contributed by atoms with Crippen molar-refractivity contribution in [3.8, 4) is 11.4 Å². The quantitative estimate of drug-likeness (QED) is 0.901. The minimum Gasteiger partial charge on any atom is -0.378 e. The second kappa shape index (κ2) is 7.72. The monoisotopic (exact) mass is 340 g/mol. The molecule has 0 unspecified atom stereocenters. The molecule has 0 aliphatic carbocycles. The summed E-state index contributed by atoms with van der Waals surface area (Å²) >= 11 is 0. The van der Waals surface area contributed by atoms with Crippen molar-refractivity contribution in [2.75, 3.05) is 32.8 Å². The van der Waals surface area contributed by atoms with Gasteiger partial charge in [-0.2, -0.15) is 0 Å². The van der Waals surface area contributed by atoms with E-state index in [9.17, 15) is 4.79 Å². The number of benzene rings is 1. The summed E-state index contributed by atoms with van der Waals surface area (Å²) in [4.78, 5) is 23.4. The lowest BCUT2D eigenvalue weighted by Crippen LogP contribution is -2.54. The molecule has 1 N–H and O–H groups in total. The summed E-state index contributed by atoms with van der Waals surface area (Å²) in [7, 11) is 0. The van der Waals surface area contributed by atoms with Gasteiger partial charge in [0.2, 0.25) is 0 Å². The fourth-order valence-electron chi connectivity index (χ4n) is 2.91. The molecule has 0 atom stereocenters. The zero-order valence-corrected chi connectivity index (χ0v) is 14.7. The average Bonchev–Trinajstić information content (AvgIpc) is 2.63. The molecule has 0 saturated carbocycles. The van der Waals surface area contributed by atoms with E-state index < -0.39 is 0 Å². The molecule has 6 heteroatoms. The summed E-state index contributed by atoms with van der Waals surface area (Å²) in [5.41, 5.74) is 1.28. The topological polar surface area (TPSA) is 67.3 Å². The van der Waals surface area contributed by atoms with Gasteiger partial charge in [-0.05, 0) is 19.9 Å². The van der Waals surface area contributed by atoms with Gasteiger partial charge >= 0.3 is 0 Å². The van der Waals surface area contributed by atoms with Crippen LogP contribution in [-0.2, 0) is 4.74 Å². The van der Waals surface area contributed by atoms with Gasteiger partial charge in [0.1, 0.15) is 5.69 Å². The summed E-state index contributed by atoms with van der Waals surface area (Å²) in [5, 5.41) is 2.95. The third kappa shape index (κ3) is 4.41. The third-order valence-corrected chi connectivity index (χ3v) is 4.40. The largest absolute Gasteiger partial charge is 0.378 e. The van der Waals surface area contributed by atoms with Crippen LogP contribution < -0.4 is 5.32 Å². The van der Waals surface area contributed by atoms with Gasteiger partial charge in [0.15, 0.2) is 5.82 Å². The van der Waals surface area contributed by atoms with E-state index in [-0.39, 0.29) is 11.4 Å². The second-order valence-corrected chi connectivity index (χ2v) is 6.74. The number of ether oxygens (including phenoxy) is 1. The van der Waals surface area contributed by atoms with E-state index in [0.29, 0.717) is 24.7 Å². The Hall–Kier alpha value is -2.31. The molecule has 1 saturated heterocycles. The molecule has 25 heavy (non-hydrogen) atoms. The Balaban J connectivity index is 1.58. The first-order chi connectivity index (χ1) is 12.1. The molecule has 3 rings (SSSR count). The maximum absolute atomic E-state index is 12.4. The van der Waals surface area contributed by atoms with Crippen LogP contribution in [0.15, 0.2) is 42.6 Å². The van der Waals surface area contributed by atoms with Crippen molar-refractivity contribution in [2.24, 2.45) is 0 Å². The molecule has 1 amide bonds. The highest BCUT2D eigenvalue weighted by Gasteiger charge is 2.29. The van der Waals surface area contributed by atoms with E-state index >= 15 is 0 Å². The van der Waals surface area contributed by atoms with E-state index in [1.54, 1.807) is 12.3 Å². The summed E-state index contributed by atoms with van der Waals surface area (Å²) < 4.78 is 5.52. The Labute approximate surface area is 148 Å². The van der Waals surface area contributed by atoms with E-state index in [1.807, 2.05) is 30.3 Å². The van der Waals surface area contributed by atoms with Crippen molar-refractivity contribution in [3.63, 3.8) is 0 Å². The standard InChI is InChI=1S/C19H24N4O2/c1-19(2)14-25-13-12-23(19)11-10-21-18(24)16-8-9-20-17(22-16)15-6-4-3-5-7-15/h3-9H,10-14H2,1-2H3,(H,21,24). The number of carbonyl (C=O) groups excluding carboxylic acids is 1. The van der Waals surface area contributed by atoms with Gasteiger partial charge in [0.05, 0.1) is 13.2 Å². The number of hydrogen-bond donors (Lipinski definition) is 1. The maximum Gasteiger partial charge on any atom is 0.270 e. The number of aromatic nitrogens is 2. The predicted octanol–water partition coefficient (Wildman–Crippen LogP) is 1.98. The minimum atomic E-state index is -0.175. The molecule has 1 fully saturated rings. The molecule has 1 aromatic heterocycles. The lowest BCUT2D eigenvalue weighted by molar-refractivity contribution is -0.0498. The molecule has 1 aliphatic heterocycles. The molecule has 0 spiro atoms. The van der Waals surface area contributed by atoms with Crippen LogP contribution in [0.25, 0.3) is 11.4 Å². The predicted molar refractivity (Wildman–Crippen MR) is 96.3 cm³/mol. The van der Waals surface area contributed by atoms with E-state index in [0.717, 1.165) is 25.3 Å². The molecule has 0 radical (unpaired) electrons. The molecule has 132 valence electrons. The van der Waals surface area contributed by atoms with Crippen LogP contribution in [0.5, 0.6) is 0 Å². The van der Waals surface area contributed by atoms with E-state index in [2.05, 4.69) is 34.0 Å². The van der Waals surface area contributed by atoms with Crippen molar-refractivity contribution in [1.82, 2.24) is 20.2 Å². The van der Waals surface area contributed by atoms with Gasteiger partial charge < -0.3 is 10.1 Å². The molecular weight excluding hydrogens is 316 g/mol. The number of rotatable bonds is 5. The first-order valence-electron chi connectivity index (χ1n) is 8.56. The smallest absolute Gasteiger partial charge is 0.270 e. The first-order valence-corrected chi connectivity index (χ1v) is 8.56. The minimum absolute atomic E-state index is 0.00161. The molecule has 1 aliphatic rings. The fraction of sp³-hybridized carbons (Fsp3) is 0.421. The number of hydrogen-bond acceptors (Lipinski definition) is 5. The van der Waals surface area contributed by atoms with Gasteiger partial charge in [-0.3, -0.25) is 9.69 Å². The van der Waals surface area contributed by atoms with Crippen LogP contribution in [0.3, 0.4) is 0 Å². The highest BCUT2D eigenvalue weighted by molar-refractivity contribution is 5.92. The van der Waals surface area contributed by atoms with Crippen molar-refractivity contribution in [2.45, 2.75) is 19.4 Å². The van der Waals surface area contributed by atoms with Crippen LogP contribution in [0.2, 0.25) is 0 Å². The molecule has 0 bridgehead atoms. The average molecular weight is 340 g/mol. The Kier molecular flexibility index (Phi) is 5.40. The Morgan fingerprint density at radius 2 is 2.08 bits per heavy atom. The summed E-state index contributed by atoms with van der Waals surface area (Å²) in [6, 6.07) is 11.3. The van der Waals surface area contributed by atoms with Gasteiger partial charge in [-0.15, -0.1) is 0 Å². The summed E-state index contributed by atoms with van der Waals surface area (Å²) in [5.74, 6) is 0.383. The third-order valence-electron chi connectivity index (χ3n) is 4.40. The van der Waals surface area contributed by atoms with Crippen LogP contribution in [-0.4, -0.2) is 59.2 Å². The summed E-state index contributed by atoms with van der Waals surface area (Å²) in [6.07, 6.45) is 1.62. The van der Waals surface area contributed by atoms with Crippen molar-refractivity contribution in [3.05, 3.63) is 48.3 Å². The molecule has 2 heterocycles. The Bertz CT molecular complexity index is 718. The fourth-order valence-corrected chi connectivity index (χ4v) is 2.91. The Morgan fingerprint density at radius 3 is 2.84 bits per heavy atom. The van der Waals surface area contributed by atoms with Crippen molar-refractivity contribution >= 4 is 5.91 Å². The van der Waals surface area contributed by atoms with Crippen LogP contribution in [0.4, 0.5) is 0 Å². The lowest BCUT2D eigenvalue weighted by Gasteiger charge is -2.42. The molecule has 6 nitrogen and oxygen atoms in total. The zero-order chi connectivity index (χ0) is 17.7. The highest BCUT2D eigenvalue weighted by Crippen LogP contribution is 2.18. The van der Waals surface area contributed by atoms with Gasteiger partial charge in [0.25, 0.3) is 5.91 Å². The van der Waals surface area contributed by atoms with E-state index in [1.165, 1.54) is 0 Å². The number of nitrogens with one attached hydrogen (secondary N) is 1. The van der Waals surface area contributed by atoms with Gasteiger partial charge in [0, 0.05) is 36.9 Å². The number of carbonyl (C=O) groups is 1. The highest BCUT2D eigenvalue weighted by atomic mass is 16.5. The number of morpholine rings is 1. The Morgan fingerprint density at radius 1 is 1.28 bits per heavy atom. The molecule has 1 aromatic carbocycles. The number of amides is 1. The van der Waals surface area contributed by atoms with Crippen LogP contribution >= 0.6 is 0 Å².